The highest BCUT2D eigenvalue weighted by Gasteiger charge is 2.39. The number of ether oxygens (including phenoxy) is 1. The highest BCUT2D eigenvalue weighted by molar-refractivity contribution is 6.32. The molecule has 0 spiro atoms. The Labute approximate surface area is 183 Å². The average Bonchev–Trinajstić information content (AvgIpc) is 2.96. The van der Waals surface area contributed by atoms with Gasteiger partial charge < -0.3 is 14.2 Å². The van der Waals surface area contributed by atoms with Crippen LogP contribution in [0.4, 0.5) is 13.2 Å². The van der Waals surface area contributed by atoms with E-state index in [1.807, 2.05) is 30.3 Å². The van der Waals surface area contributed by atoms with E-state index in [0.29, 0.717) is 17.5 Å². The zero-order valence-corrected chi connectivity index (χ0v) is 17.6. The zero-order chi connectivity index (χ0) is 22.9. The molecule has 0 N–H and O–H groups in total. The number of halogens is 3. The van der Waals surface area contributed by atoms with Gasteiger partial charge in [0.1, 0.15) is 0 Å². The van der Waals surface area contributed by atoms with E-state index in [2.05, 4.69) is 0 Å². The lowest BCUT2D eigenvalue weighted by molar-refractivity contribution is -0.160. The number of amides is 1. The summed E-state index contributed by atoms with van der Waals surface area (Å²) in [4.78, 5) is 25.8. The van der Waals surface area contributed by atoms with Gasteiger partial charge in [0.05, 0.1) is 17.7 Å². The summed E-state index contributed by atoms with van der Waals surface area (Å²) >= 11 is 0. The van der Waals surface area contributed by atoms with Gasteiger partial charge in [0.2, 0.25) is 0 Å². The molecule has 0 saturated carbocycles. The van der Waals surface area contributed by atoms with E-state index in [1.165, 1.54) is 11.0 Å². The smallest absolute Gasteiger partial charge is 0.418 e. The lowest BCUT2D eigenvalue weighted by atomic mass is 10.0. The Morgan fingerprint density at radius 1 is 1.00 bits per heavy atom. The highest BCUT2D eigenvalue weighted by Crippen LogP contribution is 2.41. The Morgan fingerprint density at radius 2 is 1.75 bits per heavy atom. The molecule has 1 aliphatic heterocycles. The fraction of sp³-hybridized carbons (Fsp3) is 0.333. The van der Waals surface area contributed by atoms with Crippen LogP contribution in [0.25, 0.3) is 10.9 Å². The lowest BCUT2D eigenvalue weighted by Gasteiger charge is -2.20. The van der Waals surface area contributed by atoms with Crippen molar-refractivity contribution in [3.63, 3.8) is 0 Å². The molecule has 1 amide bonds. The molecule has 0 atom stereocenters. The molecule has 0 bridgehead atoms. The largest absolute Gasteiger partial charge is 0.459 e. The third kappa shape index (κ3) is 4.09. The van der Waals surface area contributed by atoms with Crippen molar-refractivity contribution in [3.05, 3.63) is 70.9 Å². The number of aromatic nitrogens is 1. The van der Waals surface area contributed by atoms with Gasteiger partial charge >= 0.3 is 18.1 Å². The number of para-hydroxylation sites is 1. The van der Waals surface area contributed by atoms with Crippen LogP contribution in [-0.2, 0) is 46.4 Å². The van der Waals surface area contributed by atoms with E-state index in [1.54, 1.807) is 23.6 Å². The normalized spacial score (nSPS) is 13.8. The lowest BCUT2D eigenvalue weighted by Crippen LogP contribution is -2.38. The fourth-order valence-corrected chi connectivity index (χ4v) is 4.40. The van der Waals surface area contributed by atoms with Crippen molar-refractivity contribution in [3.8, 4) is 0 Å². The molecule has 2 aromatic carbocycles. The topological polar surface area (TPSA) is 51.5 Å². The number of carbonyl (C=O) groups is 2. The van der Waals surface area contributed by atoms with Crippen LogP contribution in [0.3, 0.4) is 0 Å². The van der Waals surface area contributed by atoms with Crippen LogP contribution in [0.5, 0.6) is 0 Å². The molecule has 0 saturated heterocycles. The van der Waals surface area contributed by atoms with E-state index < -0.39 is 23.6 Å². The molecular formula is C24H23F3N2O3. The number of esters is 1. The second-order valence-electron chi connectivity index (χ2n) is 7.72. The van der Waals surface area contributed by atoms with Gasteiger partial charge in [-0.1, -0.05) is 48.5 Å². The molecule has 4 rings (SSSR count). The molecule has 8 heteroatoms. The standard InChI is InChI=1S/C24H23F3N2O3/c1-2-32-23(31)22(30)28-13-14-29-19(12-11-16-7-4-3-5-8-16)20(24(25,26)27)18-10-6-9-17(15-28)21(18)29/h3-10H,2,11-15H2,1H3. The van der Waals surface area contributed by atoms with Crippen LogP contribution in [-0.4, -0.2) is 34.5 Å². The summed E-state index contributed by atoms with van der Waals surface area (Å²) < 4.78 is 49.0. The van der Waals surface area contributed by atoms with E-state index >= 15 is 0 Å². The summed E-state index contributed by atoms with van der Waals surface area (Å²) in [6, 6.07) is 14.1. The zero-order valence-electron chi connectivity index (χ0n) is 17.6. The molecule has 32 heavy (non-hydrogen) atoms. The molecule has 168 valence electrons. The molecule has 5 nitrogen and oxygen atoms in total. The number of alkyl halides is 3. The van der Waals surface area contributed by atoms with E-state index in [4.69, 9.17) is 4.74 Å². The van der Waals surface area contributed by atoms with Crippen LogP contribution in [0.1, 0.15) is 29.3 Å². The molecule has 1 aromatic heterocycles. The first-order valence-corrected chi connectivity index (χ1v) is 10.5. The van der Waals surface area contributed by atoms with Gasteiger partial charge in [0.15, 0.2) is 0 Å². The van der Waals surface area contributed by atoms with E-state index in [9.17, 15) is 22.8 Å². The maximum Gasteiger partial charge on any atom is 0.418 e. The first kappa shape index (κ1) is 21.9. The maximum atomic E-state index is 14.2. The Hall–Kier alpha value is -3.29. The predicted molar refractivity (Wildman–Crippen MR) is 113 cm³/mol. The molecule has 0 unspecified atom stereocenters. The molecule has 0 aliphatic carbocycles. The van der Waals surface area contributed by atoms with Gasteiger partial charge in [0.25, 0.3) is 0 Å². The summed E-state index contributed by atoms with van der Waals surface area (Å²) in [5, 5.41) is 0.128. The number of aryl methyl sites for hydroxylation is 1. The van der Waals surface area contributed by atoms with Gasteiger partial charge in [-0.25, -0.2) is 4.79 Å². The Morgan fingerprint density at radius 3 is 2.44 bits per heavy atom. The van der Waals surface area contributed by atoms with Crippen molar-refractivity contribution < 1.29 is 27.5 Å². The number of rotatable bonds is 4. The fourth-order valence-electron chi connectivity index (χ4n) is 4.40. The van der Waals surface area contributed by atoms with Gasteiger partial charge in [-0.15, -0.1) is 0 Å². The number of carbonyl (C=O) groups excluding carboxylic acids is 2. The molecule has 1 aliphatic rings. The Balaban J connectivity index is 1.77. The third-order valence-electron chi connectivity index (χ3n) is 5.74. The highest BCUT2D eigenvalue weighted by atomic mass is 19.4. The van der Waals surface area contributed by atoms with Crippen LogP contribution >= 0.6 is 0 Å². The van der Waals surface area contributed by atoms with Gasteiger partial charge in [-0.3, -0.25) is 4.79 Å². The van der Waals surface area contributed by atoms with Crippen molar-refractivity contribution in [2.45, 2.75) is 39.0 Å². The summed E-state index contributed by atoms with van der Waals surface area (Å²) in [7, 11) is 0. The SMILES string of the molecule is CCOC(=O)C(=O)N1CCn2c(CCc3ccccc3)c(C(F)(F)F)c3cccc(c32)C1. The van der Waals surface area contributed by atoms with E-state index in [0.717, 1.165) is 5.56 Å². The third-order valence-corrected chi connectivity index (χ3v) is 5.74. The first-order valence-electron chi connectivity index (χ1n) is 10.5. The molecule has 0 fully saturated rings. The second-order valence-corrected chi connectivity index (χ2v) is 7.72. The number of nitrogens with zero attached hydrogens (tertiary/aromatic N) is 2. The van der Waals surface area contributed by atoms with Crippen LogP contribution < -0.4 is 0 Å². The molecule has 2 heterocycles. The minimum absolute atomic E-state index is 0.0500. The minimum Gasteiger partial charge on any atom is -0.459 e. The van der Waals surface area contributed by atoms with Crippen LogP contribution in [0.2, 0.25) is 0 Å². The van der Waals surface area contributed by atoms with Crippen molar-refractivity contribution in [1.29, 1.82) is 0 Å². The first-order chi connectivity index (χ1) is 15.3. The van der Waals surface area contributed by atoms with Crippen LogP contribution in [0, 0.1) is 0 Å². The van der Waals surface area contributed by atoms with Crippen molar-refractivity contribution in [2.75, 3.05) is 13.2 Å². The summed E-state index contributed by atoms with van der Waals surface area (Å²) in [6.45, 7) is 2.02. The van der Waals surface area contributed by atoms with Gasteiger partial charge in [-0.2, -0.15) is 13.2 Å². The molecule has 3 aromatic rings. The second kappa shape index (κ2) is 8.68. The van der Waals surface area contributed by atoms with E-state index in [-0.39, 0.29) is 43.7 Å². The van der Waals surface area contributed by atoms with Gasteiger partial charge in [-0.05, 0) is 30.9 Å². The number of benzene rings is 2. The minimum atomic E-state index is -4.51. The van der Waals surface area contributed by atoms with Crippen LogP contribution in [0.15, 0.2) is 48.5 Å². The van der Waals surface area contributed by atoms with Crippen molar-refractivity contribution in [1.82, 2.24) is 9.47 Å². The summed E-state index contributed by atoms with van der Waals surface area (Å²) in [6.07, 6.45) is -3.84. The summed E-state index contributed by atoms with van der Waals surface area (Å²) in [5.74, 6) is -1.73. The van der Waals surface area contributed by atoms with Crippen molar-refractivity contribution in [2.24, 2.45) is 0 Å². The Kier molecular flexibility index (Phi) is 5.95. The molecule has 0 radical (unpaired) electrons. The number of hydrogen-bond acceptors (Lipinski definition) is 3. The van der Waals surface area contributed by atoms with Crippen molar-refractivity contribution >= 4 is 22.8 Å². The summed E-state index contributed by atoms with van der Waals surface area (Å²) in [5.41, 5.74) is 1.59. The predicted octanol–water partition coefficient (Wildman–Crippen LogP) is 4.35. The molecular weight excluding hydrogens is 421 g/mol. The van der Waals surface area contributed by atoms with Gasteiger partial charge in [0, 0.05) is 30.7 Å². The quantitative estimate of drug-likeness (QED) is 0.444. The monoisotopic (exact) mass is 444 g/mol. The average molecular weight is 444 g/mol. The Bertz CT molecular complexity index is 1150. The maximum absolute atomic E-state index is 14.2. The number of hydrogen-bond donors (Lipinski definition) is 0.